The Morgan fingerprint density at radius 3 is 2.85 bits per heavy atom. The first-order chi connectivity index (χ1) is 6.15. The first-order valence-corrected chi connectivity index (χ1v) is 4.02. The molecule has 1 amide bonds. The molecule has 0 aromatic carbocycles. The second-order valence-corrected chi connectivity index (χ2v) is 2.83. The number of nitrogens with zero attached hydrogens (tertiary/aromatic N) is 1. The number of carbonyl (C=O) groups excluding carboxylic acids is 1. The van der Waals surface area contributed by atoms with E-state index in [-0.39, 0.29) is 12.5 Å². The molecule has 1 aliphatic rings. The summed E-state index contributed by atoms with van der Waals surface area (Å²) in [5.74, 6) is -1.14. The third kappa shape index (κ3) is 2.29. The van der Waals surface area contributed by atoms with E-state index in [1.54, 1.807) is 0 Å². The van der Waals surface area contributed by atoms with Crippen LogP contribution in [-0.4, -0.2) is 47.6 Å². The third-order valence-corrected chi connectivity index (χ3v) is 1.96. The number of carbonyl (C=O) groups is 2. The van der Waals surface area contributed by atoms with E-state index >= 15 is 0 Å². The van der Waals surface area contributed by atoms with Crippen LogP contribution in [0.5, 0.6) is 0 Å². The average molecular weight is 184 g/mol. The van der Waals surface area contributed by atoms with Gasteiger partial charge in [-0.2, -0.15) is 0 Å². The lowest BCUT2D eigenvalue weighted by Crippen LogP contribution is -2.55. The van der Waals surface area contributed by atoms with Gasteiger partial charge in [0, 0.05) is 19.6 Å². The lowest BCUT2D eigenvalue weighted by molar-refractivity contribution is -0.141. The Kier molecular flexibility index (Phi) is 3.02. The van der Waals surface area contributed by atoms with E-state index < -0.39 is 12.0 Å². The molecule has 2 N–H and O–H groups in total. The normalized spacial score (nSPS) is 22.5. The highest BCUT2D eigenvalue weighted by molar-refractivity contribution is 5.87. The Hall–Kier alpha value is -1.36. The van der Waals surface area contributed by atoms with Gasteiger partial charge in [-0.15, -0.1) is 0 Å². The Balaban J connectivity index is 2.56. The largest absolute Gasteiger partial charge is 0.480 e. The van der Waals surface area contributed by atoms with Crippen molar-refractivity contribution in [2.45, 2.75) is 6.04 Å². The van der Waals surface area contributed by atoms with Crippen molar-refractivity contribution in [3.8, 4) is 0 Å². The quantitative estimate of drug-likeness (QED) is 0.543. The molecular weight excluding hydrogens is 172 g/mol. The standard InChI is InChI=1S/C8H12N2O3/c1-2-7(11)10-4-3-9-6(5-10)8(12)13/h2,6,9H,1,3-5H2,(H,12,13). The maximum atomic E-state index is 11.1. The number of amides is 1. The summed E-state index contributed by atoms with van der Waals surface area (Å²) >= 11 is 0. The van der Waals surface area contributed by atoms with Crippen LogP contribution in [0.1, 0.15) is 0 Å². The van der Waals surface area contributed by atoms with Crippen LogP contribution >= 0.6 is 0 Å². The molecule has 1 saturated heterocycles. The summed E-state index contributed by atoms with van der Waals surface area (Å²) in [4.78, 5) is 23.2. The zero-order valence-electron chi connectivity index (χ0n) is 7.19. The van der Waals surface area contributed by atoms with Gasteiger partial charge in [0.1, 0.15) is 6.04 Å². The molecule has 72 valence electrons. The van der Waals surface area contributed by atoms with Crippen LogP contribution < -0.4 is 5.32 Å². The second-order valence-electron chi connectivity index (χ2n) is 2.83. The van der Waals surface area contributed by atoms with Crippen molar-refractivity contribution < 1.29 is 14.7 Å². The topological polar surface area (TPSA) is 69.6 Å². The number of carboxylic acid groups (broad SMARTS) is 1. The fraction of sp³-hybridized carbons (Fsp3) is 0.500. The molecule has 1 unspecified atom stereocenters. The molecule has 13 heavy (non-hydrogen) atoms. The van der Waals surface area contributed by atoms with E-state index in [1.807, 2.05) is 0 Å². The molecule has 1 atom stereocenters. The number of rotatable bonds is 2. The van der Waals surface area contributed by atoms with Crippen LogP contribution in [0.4, 0.5) is 0 Å². The van der Waals surface area contributed by atoms with Crippen LogP contribution in [-0.2, 0) is 9.59 Å². The van der Waals surface area contributed by atoms with E-state index in [1.165, 1.54) is 11.0 Å². The van der Waals surface area contributed by atoms with Crippen molar-refractivity contribution in [2.75, 3.05) is 19.6 Å². The number of hydrogen-bond donors (Lipinski definition) is 2. The highest BCUT2D eigenvalue weighted by Gasteiger charge is 2.26. The predicted octanol–water partition coefficient (Wildman–Crippen LogP) is -0.943. The minimum absolute atomic E-state index is 0.209. The summed E-state index contributed by atoms with van der Waals surface area (Å²) in [6.45, 7) is 4.60. The van der Waals surface area contributed by atoms with E-state index in [9.17, 15) is 9.59 Å². The van der Waals surface area contributed by atoms with Crippen molar-refractivity contribution in [3.05, 3.63) is 12.7 Å². The molecule has 5 heteroatoms. The number of nitrogens with one attached hydrogen (secondary N) is 1. The molecule has 0 aromatic heterocycles. The van der Waals surface area contributed by atoms with Crippen molar-refractivity contribution in [1.29, 1.82) is 0 Å². The number of hydrogen-bond acceptors (Lipinski definition) is 3. The monoisotopic (exact) mass is 184 g/mol. The molecule has 5 nitrogen and oxygen atoms in total. The van der Waals surface area contributed by atoms with Crippen LogP contribution in [0.15, 0.2) is 12.7 Å². The van der Waals surface area contributed by atoms with Crippen LogP contribution in [0.2, 0.25) is 0 Å². The third-order valence-electron chi connectivity index (χ3n) is 1.96. The van der Waals surface area contributed by atoms with Crippen molar-refractivity contribution in [2.24, 2.45) is 0 Å². The summed E-state index contributed by atoms with van der Waals surface area (Å²) < 4.78 is 0. The summed E-state index contributed by atoms with van der Waals surface area (Å²) in [5, 5.41) is 11.5. The molecular formula is C8H12N2O3. The fourth-order valence-electron chi connectivity index (χ4n) is 1.24. The minimum atomic E-state index is -0.929. The van der Waals surface area contributed by atoms with Crippen LogP contribution in [0.3, 0.4) is 0 Å². The van der Waals surface area contributed by atoms with E-state index in [4.69, 9.17) is 5.11 Å². The highest BCUT2D eigenvalue weighted by atomic mass is 16.4. The van der Waals surface area contributed by atoms with Crippen molar-refractivity contribution >= 4 is 11.9 Å². The highest BCUT2D eigenvalue weighted by Crippen LogP contribution is 2.00. The van der Waals surface area contributed by atoms with Crippen molar-refractivity contribution in [3.63, 3.8) is 0 Å². The van der Waals surface area contributed by atoms with Gasteiger partial charge < -0.3 is 15.3 Å². The summed E-state index contributed by atoms with van der Waals surface area (Å²) in [6, 6.07) is -0.655. The first kappa shape index (κ1) is 9.73. The van der Waals surface area contributed by atoms with Gasteiger partial charge in [-0.05, 0) is 6.08 Å². The minimum Gasteiger partial charge on any atom is -0.480 e. The first-order valence-electron chi connectivity index (χ1n) is 4.02. The van der Waals surface area contributed by atoms with Gasteiger partial charge in [-0.25, -0.2) is 0 Å². The molecule has 0 radical (unpaired) electrons. The molecule has 0 aromatic rings. The number of carboxylic acids is 1. The van der Waals surface area contributed by atoms with Crippen LogP contribution in [0, 0.1) is 0 Å². The van der Waals surface area contributed by atoms with Gasteiger partial charge >= 0.3 is 5.97 Å². The maximum absolute atomic E-state index is 11.1. The molecule has 0 spiro atoms. The molecule has 0 bridgehead atoms. The lowest BCUT2D eigenvalue weighted by atomic mass is 10.2. The molecule has 1 heterocycles. The Morgan fingerprint density at radius 2 is 2.31 bits per heavy atom. The SMILES string of the molecule is C=CC(=O)N1CCNC(C(=O)O)C1. The summed E-state index contributed by atoms with van der Waals surface area (Å²) in [6.07, 6.45) is 1.20. The van der Waals surface area contributed by atoms with Gasteiger partial charge in [-0.3, -0.25) is 9.59 Å². The zero-order valence-corrected chi connectivity index (χ0v) is 7.19. The van der Waals surface area contributed by atoms with Gasteiger partial charge in [0.05, 0.1) is 0 Å². The second kappa shape index (κ2) is 4.04. The zero-order chi connectivity index (χ0) is 9.84. The number of aliphatic carboxylic acids is 1. The molecule has 1 aliphatic heterocycles. The van der Waals surface area contributed by atoms with Crippen molar-refractivity contribution in [1.82, 2.24) is 10.2 Å². The molecule has 0 saturated carbocycles. The Bertz CT molecular complexity index is 240. The average Bonchev–Trinajstić information content (AvgIpc) is 2.17. The molecule has 0 aliphatic carbocycles. The smallest absolute Gasteiger partial charge is 0.322 e. The Morgan fingerprint density at radius 1 is 1.62 bits per heavy atom. The van der Waals surface area contributed by atoms with E-state index in [0.29, 0.717) is 13.1 Å². The maximum Gasteiger partial charge on any atom is 0.322 e. The van der Waals surface area contributed by atoms with Gasteiger partial charge in [0.2, 0.25) is 5.91 Å². The number of piperazine rings is 1. The summed E-state index contributed by atoms with van der Waals surface area (Å²) in [7, 11) is 0. The van der Waals surface area contributed by atoms with Crippen LogP contribution in [0.25, 0.3) is 0 Å². The Labute approximate surface area is 76.0 Å². The lowest BCUT2D eigenvalue weighted by Gasteiger charge is -2.30. The van der Waals surface area contributed by atoms with Gasteiger partial charge in [-0.1, -0.05) is 6.58 Å². The van der Waals surface area contributed by atoms with Gasteiger partial charge in [0.15, 0.2) is 0 Å². The van der Waals surface area contributed by atoms with E-state index in [2.05, 4.69) is 11.9 Å². The predicted molar refractivity (Wildman–Crippen MR) is 46.2 cm³/mol. The molecule has 1 rings (SSSR count). The summed E-state index contributed by atoms with van der Waals surface area (Å²) in [5.41, 5.74) is 0. The fourth-order valence-corrected chi connectivity index (χ4v) is 1.24. The van der Waals surface area contributed by atoms with Gasteiger partial charge in [0.25, 0.3) is 0 Å². The molecule has 1 fully saturated rings. The van der Waals surface area contributed by atoms with E-state index in [0.717, 1.165) is 0 Å².